The zero-order valence-electron chi connectivity index (χ0n) is 31.3. The highest BCUT2D eigenvalue weighted by Crippen LogP contribution is 2.51. The quantitative estimate of drug-likeness (QED) is 0.156. The lowest BCUT2D eigenvalue weighted by atomic mass is 9.82. The summed E-state index contributed by atoms with van der Waals surface area (Å²) in [4.78, 5) is 9.82. The summed E-state index contributed by atoms with van der Waals surface area (Å²) in [5.74, 6) is 0.578. The molecule has 0 saturated carbocycles. The highest BCUT2D eigenvalue weighted by Gasteiger charge is 2.36. The summed E-state index contributed by atoms with van der Waals surface area (Å²) in [5.41, 5.74) is 15.9. The third-order valence-electron chi connectivity index (χ3n) is 11.1. The van der Waals surface area contributed by atoms with E-state index < -0.39 is 0 Å². The van der Waals surface area contributed by atoms with Crippen molar-refractivity contribution in [1.29, 1.82) is 0 Å². The van der Waals surface area contributed by atoms with Gasteiger partial charge in [0.05, 0.1) is 11.4 Å². The minimum Gasteiger partial charge on any atom is -0.434 e. The van der Waals surface area contributed by atoms with Crippen LogP contribution in [0.25, 0.3) is 44.8 Å². The molecule has 4 nitrogen and oxygen atoms in total. The van der Waals surface area contributed by atoms with Crippen molar-refractivity contribution in [3.63, 3.8) is 0 Å². The van der Waals surface area contributed by atoms with Gasteiger partial charge in [0, 0.05) is 33.7 Å². The Bertz CT molecular complexity index is 2810. The monoisotopic (exact) mass is 721 g/mol. The SMILES string of the molecule is CC1(C)c2ccccc2-c2ccc(N(c3ccccc3)c3cc(N(c4ccccc4)c4ccc(-c5ccccc5)cc4)c4oc(-c5ccccc5)nc4c3)cc21. The Kier molecular flexibility index (Phi) is 8.11. The molecule has 0 amide bonds. The second kappa shape index (κ2) is 13.6. The first-order chi connectivity index (χ1) is 27.5. The first-order valence-electron chi connectivity index (χ1n) is 19.1. The lowest BCUT2D eigenvalue weighted by Crippen LogP contribution is -2.17. The molecular weight excluding hydrogens is 683 g/mol. The summed E-state index contributed by atoms with van der Waals surface area (Å²) in [7, 11) is 0. The standard InChI is InChI=1S/C52H39N3O/c1-52(2)46-26-16-15-25-44(46)45-32-31-42(33-47(45)52)54(39-21-11-5-12-22-39)43-34-48-50(56-51(53-48)38-19-9-4-10-20-38)49(35-43)55(40-23-13-6-14-24-40)41-29-27-37(28-30-41)36-17-7-3-8-18-36/h3-35H,1-2H3. The molecule has 0 radical (unpaired) electrons. The van der Waals surface area contributed by atoms with Crippen molar-refractivity contribution in [3.05, 3.63) is 211 Å². The minimum absolute atomic E-state index is 0.147. The van der Waals surface area contributed by atoms with Gasteiger partial charge >= 0.3 is 0 Å². The van der Waals surface area contributed by atoms with Crippen LogP contribution in [0.5, 0.6) is 0 Å². The lowest BCUT2D eigenvalue weighted by Gasteiger charge is -2.30. The van der Waals surface area contributed by atoms with Crippen molar-refractivity contribution in [2.24, 2.45) is 0 Å². The first kappa shape index (κ1) is 33.4. The van der Waals surface area contributed by atoms with Crippen molar-refractivity contribution in [2.45, 2.75) is 19.3 Å². The third kappa shape index (κ3) is 5.75. The maximum Gasteiger partial charge on any atom is 0.227 e. The molecule has 4 heteroatoms. The van der Waals surface area contributed by atoms with Crippen LogP contribution >= 0.6 is 0 Å². The highest BCUT2D eigenvalue weighted by molar-refractivity contribution is 5.99. The summed E-state index contributed by atoms with van der Waals surface area (Å²) < 4.78 is 6.80. The van der Waals surface area contributed by atoms with Crippen LogP contribution in [0.1, 0.15) is 25.0 Å². The van der Waals surface area contributed by atoms with Crippen LogP contribution in [-0.4, -0.2) is 4.98 Å². The van der Waals surface area contributed by atoms with Crippen LogP contribution in [0.15, 0.2) is 205 Å². The van der Waals surface area contributed by atoms with Crippen molar-refractivity contribution >= 4 is 45.2 Å². The average molecular weight is 722 g/mol. The van der Waals surface area contributed by atoms with E-state index in [1.54, 1.807) is 0 Å². The Labute approximate surface area is 327 Å². The smallest absolute Gasteiger partial charge is 0.227 e. The summed E-state index contributed by atoms with van der Waals surface area (Å²) >= 11 is 0. The van der Waals surface area contributed by atoms with Gasteiger partial charge in [0.25, 0.3) is 0 Å². The summed E-state index contributed by atoms with van der Waals surface area (Å²) in [6, 6.07) is 70.7. The van der Waals surface area contributed by atoms with E-state index in [-0.39, 0.29) is 5.41 Å². The number of oxazole rings is 1. The molecule has 0 atom stereocenters. The van der Waals surface area contributed by atoms with Crippen LogP contribution in [-0.2, 0) is 5.41 Å². The van der Waals surface area contributed by atoms with Crippen molar-refractivity contribution < 1.29 is 4.42 Å². The minimum atomic E-state index is -0.147. The van der Waals surface area contributed by atoms with Gasteiger partial charge in [0.1, 0.15) is 5.52 Å². The van der Waals surface area contributed by atoms with Crippen molar-refractivity contribution in [3.8, 4) is 33.7 Å². The van der Waals surface area contributed by atoms with E-state index in [1.165, 1.54) is 27.8 Å². The van der Waals surface area contributed by atoms with E-state index in [1.807, 2.05) is 30.3 Å². The molecule has 1 aromatic heterocycles. The summed E-state index contributed by atoms with van der Waals surface area (Å²) in [6.45, 7) is 4.67. The molecule has 56 heavy (non-hydrogen) atoms. The van der Waals surface area contributed by atoms with Crippen LogP contribution in [0.4, 0.5) is 34.1 Å². The Hall–Kier alpha value is -7.17. The molecule has 1 heterocycles. The molecule has 0 N–H and O–H groups in total. The van der Waals surface area contributed by atoms with Crippen LogP contribution < -0.4 is 9.80 Å². The lowest BCUT2D eigenvalue weighted by molar-refractivity contribution is 0.620. The summed E-state index contributed by atoms with van der Waals surface area (Å²) in [5, 5.41) is 0. The van der Waals surface area contributed by atoms with Gasteiger partial charge in [-0.2, -0.15) is 0 Å². The number of para-hydroxylation sites is 2. The van der Waals surface area contributed by atoms with Crippen molar-refractivity contribution in [1.82, 2.24) is 4.98 Å². The van der Waals surface area contributed by atoms with E-state index in [2.05, 4.69) is 194 Å². The predicted molar refractivity (Wildman–Crippen MR) is 232 cm³/mol. The topological polar surface area (TPSA) is 32.5 Å². The van der Waals surface area contributed by atoms with Crippen LogP contribution in [0.2, 0.25) is 0 Å². The molecule has 0 bridgehead atoms. The van der Waals surface area contributed by atoms with Crippen LogP contribution in [0.3, 0.4) is 0 Å². The number of rotatable bonds is 8. The van der Waals surface area contributed by atoms with Gasteiger partial charge in [-0.15, -0.1) is 0 Å². The summed E-state index contributed by atoms with van der Waals surface area (Å²) in [6.07, 6.45) is 0. The van der Waals surface area contributed by atoms with E-state index in [0.29, 0.717) is 11.5 Å². The first-order valence-corrected chi connectivity index (χ1v) is 19.1. The Morgan fingerprint density at radius 1 is 0.411 bits per heavy atom. The fraction of sp³-hybridized carbons (Fsp3) is 0.0577. The molecule has 10 rings (SSSR count). The highest BCUT2D eigenvalue weighted by atomic mass is 16.3. The Balaban J connectivity index is 1.21. The second-order valence-electron chi connectivity index (χ2n) is 14.9. The van der Waals surface area contributed by atoms with Gasteiger partial charge in [-0.25, -0.2) is 4.98 Å². The third-order valence-corrected chi connectivity index (χ3v) is 11.1. The van der Waals surface area contributed by atoms with Gasteiger partial charge in [-0.1, -0.05) is 141 Å². The molecule has 0 fully saturated rings. The number of aromatic nitrogens is 1. The number of anilines is 6. The number of fused-ring (bicyclic) bond motifs is 4. The number of hydrogen-bond donors (Lipinski definition) is 0. The maximum absolute atomic E-state index is 6.80. The molecule has 1 aliphatic rings. The molecular formula is C52H39N3O. The van der Waals surface area contributed by atoms with Gasteiger partial charge in [-0.3, -0.25) is 0 Å². The molecule has 0 unspecified atom stereocenters. The fourth-order valence-electron chi connectivity index (χ4n) is 8.29. The second-order valence-corrected chi connectivity index (χ2v) is 14.9. The number of benzene rings is 8. The van der Waals surface area contributed by atoms with E-state index in [0.717, 1.165) is 50.8 Å². The Morgan fingerprint density at radius 2 is 0.929 bits per heavy atom. The molecule has 8 aromatic carbocycles. The van der Waals surface area contributed by atoms with Gasteiger partial charge in [0.2, 0.25) is 5.89 Å². The fourth-order valence-corrected chi connectivity index (χ4v) is 8.29. The molecule has 268 valence electrons. The molecule has 9 aromatic rings. The maximum atomic E-state index is 6.80. The average Bonchev–Trinajstić information content (AvgIpc) is 3.79. The van der Waals surface area contributed by atoms with Crippen LogP contribution in [0, 0.1) is 0 Å². The van der Waals surface area contributed by atoms with E-state index in [9.17, 15) is 0 Å². The van der Waals surface area contributed by atoms with Gasteiger partial charge < -0.3 is 14.2 Å². The van der Waals surface area contributed by atoms with E-state index in [4.69, 9.17) is 9.40 Å². The van der Waals surface area contributed by atoms with Crippen molar-refractivity contribution in [2.75, 3.05) is 9.80 Å². The Morgan fingerprint density at radius 3 is 1.61 bits per heavy atom. The number of hydrogen-bond acceptors (Lipinski definition) is 4. The van der Waals surface area contributed by atoms with Gasteiger partial charge in [-0.05, 0) is 106 Å². The largest absolute Gasteiger partial charge is 0.434 e. The number of nitrogens with zero attached hydrogens (tertiary/aromatic N) is 3. The predicted octanol–water partition coefficient (Wildman–Crippen LogP) is 14.4. The molecule has 0 saturated heterocycles. The van der Waals surface area contributed by atoms with E-state index >= 15 is 0 Å². The molecule has 0 aliphatic heterocycles. The molecule has 0 spiro atoms. The van der Waals surface area contributed by atoms with Gasteiger partial charge in [0.15, 0.2) is 5.58 Å². The molecule has 1 aliphatic carbocycles. The normalized spacial score (nSPS) is 12.6. The zero-order chi connectivity index (χ0) is 37.6. The zero-order valence-corrected chi connectivity index (χ0v) is 31.3.